The average Bonchev–Trinajstić information content (AvgIpc) is 2.94. The van der Waals surface area contributed by atoms with Crippen LogP contribution < -0.4 is 9.47 Å². The zero-order valence-electron chi connectivity index (χ0n) is 22.6. The number of hydrogen-bond acceptors (Lipinski definition) is 4. The highest BCUT2D eigenvalue weighted by atomic mass is 16.5. The van der Waals surface area contributed by atoms with Crippen LogP contribution in [0, 0.1) is 6.92 Å². The van der Waals surface area contributed by atoms with Crippen LogP contribution >= 0.6 is 0 Å². The second-order valence-corrected chi connectivity index (χ2v) is 9.53. The summed E-state index contributed by atoms with van der Waals surface area (Å²) in [4.78, 5) is 14.6. The molecule has 0 aliphatic heterocycles. The van der Waals surface area contributed by atoms with E-state index in [4.69, 9.17) is 9.47 Å². The van der Waals surface area contributed by atoms with Crippen LogP contribution in [0.1, 0.15) is 46.0 Å². The quantitative estimate of drug-likeness (QED) is 0.127. The Bertz CT molecular complexity index is 1350. The molecule has 0 N–H and O–H groups in total. The molecule has 4 aromatic carbocycles. The summed E-state index contributed by atoms with van der Waals surface area (Å²) in [5.41, 5.74) is 7.52. The molecule has 4 nitrogen and oxygen atoms in total. The van der Waals surface area contributed by atoms with E-state index in [2.05, 4.69) is 55.1 Å². The predicted octanol–water partition coefficient (Wildman–Crippen LogP) is 7.52. The molecule has 4 rings (SSSR count). The Morgan fingerprint density at radius 3 is 1.79 bits per heavy atom. The molecule has 0 heterocycles. The highest BCUT2D eigenvalue weighted by Gasteiger charge is 2.15. The number of nitrogens with zero attached hydrogens (tertiary/aromatic N) is 1. The molecule has 0 radical (unpaired) electrons. The highest BCUT2D eigenvalue weighted by Crippen LogP contribution is 2.36. The minimum Gasteiger partial charge on any atom is -0.492 e. The first kappa shape index (κ1) is 26.9. The molecule has 4 heteroatoms. The zero-order valence-corrected chi connectivity index (χ0v) is 22.6. The molecule has 0 aliphatic rings. The van der Waals surface area contributed by atoms with E-state index in [0.717, 1.165) is 35.4 Å². The van der Waals surface area contributed by atoms with Gasteiger partial charge in [-0.1, -0.05) is 79.2 Å². The van der Waals surface area contributed by atoms with Gasteiger partial charge in [0.05, 0.1) is 5.56 Å². The second kappa shape index (κ2) is 12.9. The van der Waals surface area contributed by atoms with Crippen molar-refractivity contribution in [2.45, 2.75) is 20.3 Å². The molecule has 0 saturated carbocycles. The van der Waals surface area contributed by atoms with Crippen LogP contribution in [-0.2, 0) is 0 Å². The summed E-state index contributed by atoms with van der Waals surface area (Å²) in [6.07, 6.45) is 0.865. The largest absolute Gasteiger partial charge is 0.492 e. The van der Waals surface area contributed by atoms with Gasteiger partial charge in [0.1, 0.15) is 18.1 Å². The third kappa shape index (κ3) is 6.99. The van der Waals surface area contributed by atoms with Crippen LogP contribution in [0.3, 0.4) is 0 Å². The summed E-state index contributed by atoms with van der Waals surface area (Å²) in [5.74, 6) is 0.999. The van der Waals surface area contributed by atoms with Crippen molar-refractivity contribution in [1.82, 2.24) is 4.90 Å². The van der Waals surface area contributed by atoms with Gasteiger partial charge in [-0.05, 0) is 91.7 Å². The molecule has 194 valence electrons. The maximum Gasteiger partial charge on any atom is 0.343 e. The number of hydrogen-bond donors (Lipinski definition) is 0. The van der Waals surface area contributed by atoms with Crippen molar-refractivity contribution in [3.8, 4) is 11.5 Å². The third-order valence-corrected chi connectivity index (χ3v) is 6.37. The molecule has 38 heavy (non-hydrogen) atoms. The van der Waals surface area contributed by atoms with Gasteiger partial charge in [-0.2, -0.15) is 0 Å². The van der Waals surface area contributed by atoms with Crippen molar-refractivity contribution in [2.75, 3.05) is 27.2 Å². The van der Waals surface area contributed by atoms with Crippen molar-refractivity contribution in [1.29, 1.82) is 0 Å². The SMILES string of the molecule is CC/C(=C(\c1ccc(OCCN(C)C)cc1)c1ccc(OC(=O)c2ccccc2)cc1)c1ccc(C)cc1. The summed E-state index contributed by atoms with van der Waals surface area (Å²) < 4.78 is 11.5. The van der Waals surface area contributed by atoms with Gasteiger partial charge in [0.25, 0.3) is 0 Å². The smallest absolute Gasteiger partial charge is 0.343 e. The second-order valence-electron chi connectivity index (χ2n) is 9.53. The van der Waals surface area contributed by atoms with E-state index in [1.807, 2.05) is 68.7 Å². The summed E-state index contributed by atoms with van der Waals surface area (Å²) in [6.45, 7) is 5.79. The third-order valence-electron chi connectivity index (χ3n) is 6.37. The molecule has 0 amide bonds. The number of allylic oxidation sites excluding steroid dienone is 1. The van der Waals surface area contributed by atoms with Crippen LogP contribution in [0.5, 0.6) is 11.5 Å². The Hall–Kier alpha value is -4.15. The van der Waals surface area contributed by atoms with Gasteiger partial charge in [0.15, 0.2) is 0 Å². The first-order chi connectivity index (χ1) is 18.4. The minimum atomic E-state index is -0.368. The lowest BCUT2D eigenvalue weighted by molar-refractivity contribution is 0.0734. The lowest BCUT2D eigenvalue weighted by atomic mass is 9.88. The van der Waals surface area contributed by atoms with Crippen molar-refractivity contribution in [2.24, 2.45) is 0 Å². The molecule has 0 unspecified atom stereocenters. The first-order valence-corrected chi connectivity index (χ1v) is 13.0. The van der Waals surface area contributed by atoms with Crippen LogP contribution in [0.15, 0.2) is 103 Å². The summed E-state index contributed by atoms with van der Waals surface area (Å²) in [5, 5.41) is 0. The Morgan fingerprint density at radius 2 is 1.24 bits per heavy atom. The van der Waals surface area contributed by atoms with Crippen LogP contribution in [0.2, 0.25) is 0 Å². The van der Waals surface area contributed by atoms with E-state index in [1.54, 1.807) is 12.1 Å². The van der Waals surface area contributed by atoms with Gasteiger partial charge < -0.3 is 14.4 Å². The van der Waals surface area contributed by atoms with Gasteiger partial charge in [-0.15, -0.1) is 0 Å². The number of rotatable bonds is 10. The number of ether oxygens (including phenoxy) is 2. The van der Waals surface area contributed by atoms with Crippen molar-refractivity contribution < 1.29 is 14.3 Å². The average molecular weight is 506 g/mol. The van der Waals surface area contributed by atoms with Gasteiger partial charge in [-0.25, -0.2) is 4.79 Å². The maximum absolute atomic E-state index is 12.5. The minimum absolute atomic E-state index is 0.368. The maximum atomic E-state index is 12.5. The Kier molecular flexibility index (Phi) is 9.12. The van der Waals surface area contributed by atoms with Crippen molar-refractivity contribution in [3.63, 3.8) is 0 Å². The van der Waals surface area contributed by atoms with Gasteiger partial charge >= 0.3 is 5.97 Å². The fraction of sp³-hybridized carbons (Fsp3) is 0.206. The molecule has 4 aromatic rings. The summed E-state index contributed by atoms with van der Waals surface area (Å²) in [7, 11) is 4.07. The van der Waals surface area contributed by atoms with Crippen LogP contribution in [-0.4, -0.2) is 38.1 Å². The molecule has 0 saturated heterocycles. The molecule has 0 aliphatic carbocycles. The van der Waals surface area contributed by atoms with E-state index < -0.39 is 0 Å². The number of aryl methyl sites for hydroxylation is 1. The first-order valence-electron chi connectivity index (χ1n) is 13.0. The molecule has 0 atom stereocenters. The van der Waals surface area contributed by atoms with Crippen LogP contribution in [0.4, 0.5) is 0 Å². The standard InChI is InChI=1S/C34H35NO3/c1-5-32(26-13-11-25(2)12-14-26)33(27-15-19-30(20-16-27)37-24-23-35(3)4)28-17-21-31(22-18-28)38-34(36)29-9-7-6-8-10-29/h6-22H,5,23-24H2,1-4H3/b33-32-. The van der Waals surface area contributed by atoms with E-state index in [1.165, 1.54) is 16.7 Å². The van der Waals surface area contributed by atoms with E-state index >= 15 is 0 Å². The lowest BCUT2D eigenvalue weighted by Crippen LogP contribution is -2.19. The molecule has 0 bridgehead atoms. The fourth-order valence-corrected chi connectivity index (χ4v) is 4.29. The van der Waals surface area contributed by atoms with E-state index in [-0.39, 0.29) is 5.97 Å². The van der Waals surface area contributed by atoms with Gasteiger partial charge in [0.2, 0.25) is 0 Å². The Morgan fingerprint density at radius 1 is 0.684 bits per heavy atom. The van der Waals surface area contributed by atoms with Gasteiger partial charge in [0, 0.05) is 6.54 Å². The number of carbonyl (C=O) groups is 1. The zero-order chi connectivity index (χ0) is 26.9. The Balaban J connectivity index is 1.67. The van der Waals surface area contributed by atoms with Crippen molar-refractivity contribution in [3.05, 3.63) is 131 Å². The highest BCUT2D eigenvalue weighted by molar-refractivity contribution is 5.98. The lowest BCUT2D eigenvalue weighted by Gasteiger charge is -2.18. The van der Waals surface area contributed by atoms with Gasteiger partial charge in [-0.3, -0.25) is 0 Å². The molecule has 0 aromatic heterocycles. The fourth-order valence-electron chi connectivity index (χ4n) is 4.29. The number of likely N-dealkylation sites (N-methyl/N-ethyl adjacent to an activating group) is 1. The monoisotopic (exact) mass is 505 g/mol. The van der Waals surface area contributed by atoms with Crippen LogP contribution in [0.25, 0.3) is 11.1 Å². The number of benzene rings is 4. The number of esters is 1. The summed E-state index contributed by atoms with van der Waals surface area (Å²) in [6, 6.07) is 33.8. The molecule has 0 fully saturated rings. The molecular weight excluding hydrogens is 470 g/mol. The van der Waals surface area contributed by atoms with Crippen molar-refractivity contribution >= 4 is 17.1 Å². The topological polar surface area (TPSA) is 38.8 Å². The molecule has 0 spiro atoms. The Labute approximate surface area is 226 Å². The molecular formula is C34H35NO3. The predicted molar refractivity (Wildman–Crippen MR) is 156 cm³/mol. The number of carbonyl (C=O) groups excluding carboxylic acids is 1. The van der Waals surface area contributed by atoms with E-state index in [9.17, 15) is 4.79 Å². The normalized spacial score (nSPS) is 11.7. The summed E-state index contributed by atoms with van der Waals surface area (Å²) >= 11 is 0. The van der Waals surface area contributed by atoms with E-state index in [0.29, 0.717) is 17.9 Å².